The summed E-state index contributed by atoms with van der Waals surface area (Å²) >= 11 is 0. The van der Waals surface area contributed by atoms with Gasteiger partial charge >= 0.3 is 0 Å². The van der Waals surface area contributed by atoms with Gasteiger partial charge in [-0.2, -0.15) is 0 Å². The molecule has 2 heteroatoms. The Morgan fingerprint density at radius 1 is 1.13 bits per heavy atom. The highest BCUT2D eigenvalue weighted by Gasteiger charge is 2.24. The minimum absolute atomic E-state index is 0.242. The van der Waals surface area contributed by atoms with Crippen molar-refractivity contribution in [2.75, 3.05) is 6.54 Å². The number of rotatable bonds is 9. The molecule has 0 aromatic carbocycles. The van der Waals surface area contributed by atoms with Crippen LogP contribution >= 0.6 is 0 Å². The Bertz CT molecular complexity index is 141. The Labute approximate surface area is 95.5 Å². The summed E-state index contributed by atoms with van der Waals surface area (Å²) in [5.41, 5.74) is 0.256. The maximum absolute atomic E-state index is 9.32. The van der Waals surface area contributed by atoms with E-state index in [4.69, 9.17) is 0 Å². The average Bonchev–Trinajstić information content (AvgIpc) is 2.23. The molecular weight excluding hydrogens is 186 g/mol. The van der Waals surface area contributed by atoms with Gasteiger partial charge in [0, 0.05) is 12.1 Å². The average molecular weight is 215 g/mol. The van der Waals surface area contributed by atoms with E-state index >= 15 is 0 Å². The molecule has 0 saturated heterocycles. The lowest BCUT2D eigenvalue weighted by molar-refractivity contribution is 0.161. The molecule has 1 unspecified atom stereocenters. The second kappa shape index (κ2) is 8.12. The molecule has 0 aromatic heterocycles. The lowest BCUT2D eigenvalue weighted by Gasteiger charge is -2.34. The fourth-order valence-corrected chi connectivity index (χ4v) is 2.02. The highest BCUT2D eigenvalue weighted by atomic mass is 16.3. The molecule has 0 rings (SSSR count). The molecule has 15 heavy (non-hydrogen) atoms. The number of β-amino-alcohol motifs (C(OH)–C–C–N with tert-alkyl or cyclic N) is 1. The van der Waals surface area contributed by atoms with E-state index in [9.17, 15) is 5.11 Å². The van der Waals surface area contributed by atoms with Crippen LogP contribution in [0.3, 0.4) is 0 Å². The molecule has 0 fully saturated rings. The summed E-state index contributed by atoms with van der Waals surface area (Å²) < 4.78 is 0. The fourth-order valence-electron chi connectivity index (χ4n) is 2.02. The van der Waals surface area contributed by atoms with Crippen LogP contribution in [-0.2, 0) is 0 Å². The molecule has 92 valence electrons. The van der Waals surface area contributed by atoms with Crippen LogP contribution < -0.4 is 5.32 Å². The van der Waals surface area contributed by atoms with E-state index in [1.54, 1.807) is 0 Å². The predicted molar refractivity (Wildman–Crippen MR) is 67.1 cm³/mol. The van der Waals surface area contributed by atoms with Gasteiger partial charge in [0.05, 0.1) is 6.10 Å². The Kier molecular flexibility index (Phi) is 8.07. The van der Waals surface area contributed by atoms with Gasteiger partial charge in [-0.1, -0.05) is 40.0 Å². The van der Waals surface area contributed by atoms with Gasteiger partial charge in [0.1, 0.15) is 0 Å². The van der Waals surface area contributed by atoms with Gasteiger partial charge in [0.2, 0.25) is 0 Å². The highest BCUT2D eigenvalue weighted by Crippen LogP contribution is 2.22. The van der Waals surface area contributed by atoms with E-state index in [-0.39, 0.29) is 11.6 Å². The standard InChI is InChI=1S/C13H29NO/c1-5-8-9-10-13(6-2,7-3)14-11-12(4)15/h12,14-15H,5-11H2,1-4H3. The van der Waals surface area contributed by atoms with Crippen molar-refractivity contribution in [2.24, 2.45) is 0 Å². The minimum atomic E-state index is -0.242. The predicted octanol–water partition coefficient (Wildman–Crippen LogP) is 3.10. The number of aliphatic hydroxyl groups excluding tert-OH is 1. The second-order valence-electron chi connectivity index (χ2n) is 4.67. The molecule has 1 atom stereocenters. The Morgan fingerprint density at radius 3 is 2.13 bits per heavy atom. The quantitative estimate of drug-likeness (QED) is 0.579. The maximum Gasteiger partial charge on any atom is 0.0636 e. The number of unbranched alkanes of at least 4 members (excludes halogenated alkanes) is 2. The van der Waals surface area contributed by atoms with Gasteiger partial charge in [-0.3, -0.25) is 0 Å². The van der Waals surface area contributed by atoms with Crippen LogP contribution in [0.4, 0.5) is 0 Å². The smallest absolute Gasteiger partial charge is 0.0636 e. The van der Waals surface area contributed by atoms with Crippen LogP contribution in [0, 0.1) is 0 Å². The zero-order chi connectivity index (χ0) is 11.7. The highest BCUT2D eigenvalue weighted by molar-refractivity contribution is 4.85. The molecule has 0 aromatic rings. The van der Waals surface area contributed by atoms with Crippen LogP contribution in [0.15, 0.2) is 0 Å². The molecule has 0 amide bonds. The first-order valence-electron chi connectivity index (χ1n) is 6.53. The Hall–Kier alpha value is -0.0800. The van der Waals surface area contributed by atoms with Crippen LogP contribution in [-0.4, -0.2) is 23.3 Å². The number of nitrogens with one attached hydrogen (secondary N) is 1. The van der Waals surface area contributed by atoms with Gasteiger partial charge in [-0.05, 0) is 26.2 Å². The Morgan fingerprint density at radius 2 is 1.73 bits per heavy atom. The molecule has 0 bridgehead atoms. The van der Waals surface area contributed by atoms with E-state index in [0.29, 0.717) is 6.54 Å². The van der Waals surface area contributed by atoms with Crippen molar-refractivity contribution in [3.63, 3.8) is 0 Å². The minimum Gasteiger partial charge on any atom is -0.392 e. The summed E-state index contributed by atoms with van der Waals surface area (Å²) in [5.74, 6) is 0. The molecule has 2 nitrogen and oxygen atoms in total. The van der Waals surface area contributed by atoms with Crippen LogP contribution in [0.5, 0.6) is 0 Å². The summed E-state index contributed by atoms with van der Waals surface area (Å²) in [7, 11) is 0. The van der Waals surface area contributed by atoms with E-state index in [1.165, 1.54) is 25.7 Å². The molecular formula is C13H29NO. The van der Waals surface area contributed by atoms with Gasteiger partial charge in [0.15, 0.2) is 0 Å². The van der Waals surface area contributed by atoms with Crippen LogP contribution in [0.1, 0.15) is 66.2 Å². The third-order valence-electron chi connectivity index (χ3n) is 3.38. The van der Waals surface area contributed by atoms with Gasteiger partial charge in [0.25, 0.3) is 0 Å². The van der Waals surface area contributed by atoms with Crippen molar-refractivity contribution in [1.82, 2.24) is 5.32 Å². The van der Waals surface area contributed by atoms with Crippen molar-refractivity contribution in [3.8, 4) is 0 Å². The summed E-state index contributed by atoms with van der Waals surface area (Å²) in [4.78, 5) is 0. The number of hydrogen-bond donors (Lipinski definition) is 2. The van der Waals surface area contributed by atoms with Gasteiger partial charge in [-0.25, -0.2) is 0 Å². The first-order chi connectivity index (χ1) is 7.10. The van der Waals surface area contributed by atoms with Crippen molar-refractivity contribution >= 4 is 0 Å². The third kappa shape index (κ3) is 6.16. The fraction of sp³-hybridized carbons (Fsp3) is 1.00. The zero-order valence-electron chi connectivity index (χ0n) is 11.0. The lowest BCUT2D eigenvalue weighted by Crippen LogP contribution is -2.47. The van der Waals surface area contributed by atoms with Crippen LogP contribution in [0.2, 0.25) is 0 Å². The van der Waals surface area contributed by atoms with Crippen LogP contribution in [0.25, 0.3) is 0 Å². The first kappa shape index (κ1) is 14.9. The van der Waals surface area contributed by atoms with Crippen molar-refractivity contribution < 1.29 is 5.11 Å². The monoisotopic (exact) mass is 215 g/mol. The van der Waals surface area contributed by atoms with E-state index in [0.717, 1.165) is 12.8 Å². The summed E-state index contributed by atoms with van der Waals surface area (Å²) in [6, 6.07) is 0. The summed E-state index contributed by atoms with van der Waals surface area (Å²) in [6.45, 7) is 9.28. The number of hydrogen-bond acceptors (Lipinski definition) is 2. The number of aliphatic hydroxyl groups is 1. The lowest BCUT2D eigenvalue weighted by atomic mass is 9.86. The largest absolute Gasteiger partial charge is 0.392 e. The topological polar surface area (TPSA) is 32.3 Å². The molecule has 0 spiro atoms. The van der Waals surface area contributed by atoms with Gasteiger partial charge < -0.3 is 10.4 Å². The van der Waals surface area contributed by atoms with E-state index in [2.05, 4.69) is 26.1 Å². The molecule has 0 radical (unpaired) electrons. The van der Waals surface area contributed by atoms with Crippen molar-refractivity contribution in [1.29, 1.82) is 0 Å². The van der Waals surface area contributed by atoms with E-state index < -0.39 is 0 Å². The summed E-state index contributed by atoms with van der Waals surface area (Å²) in [5, 5.41) is 12.9. The molecule has 0 aliphatic rings. The maximum atomic E-state index is 9.32. The molecule has 0 aliphatic carbocycles. The van der Waals surface area contributed by atoms with Gasteiger partial charge in [-0.15, -0.1) is 0 Å². The molecule has 2 N–H and O–H groups in total. The van der Waals surface area contributed by atoms with Crippen molar-refractivity contribution in [2.45, 2.75) is 77.9 Å². The second-order valence-corrected chi connectivity index (χ2v) is 4.67. The van der Waals surface area contributed by atoms with E-state index in [1.807, 2.05) is 6.92 Å². The zero-order valence-corrected chi connectivity index (χ0v) is 11.0. The first-order valence-corrected chi connectivity index (χ1v) is 6.53. The Balaban J connectivity index is 4.05. The van der Waals surface area contributed by atoms with Crippen molar-refractivity contribution in [3.05, 3.63) is 0 Å². The molecule has 0 heterocycles. The summed E-state index contributed by atoms with van der Waals surface area (Å²) in [6.07, 6.45) is 7.19. The normalized spacial score (nSPS) is 14.2. The third-order valence-corrected chi connectivity index (χ3v) is 3.38. The molecule has 0 aliphatic heterocycles. The SMILES string of the molecule is CCCCCC(CC)(CC)NCC(C)O. The molecule has 0 saturated carbocycles.